The lowest BCUT2D eigenvalue weighted by Crippen LogP contribution is -2.46. The quantitative estimate of drug-likeness (QED) is 0.912. The van der Waals surface area contributed by atoms with Gasteiger partial charge in [-0.25, -0.2) is 0 Å². The zero-order chi connectivity index (χ0) is 13.9. The van der Waals surface area contributed by atoms with Crippen LogP contribution < -0.4 is 10.2 Å². The molecule has 1 aromatic rings. The van der Waals surface area contributed by atoms with Crippen LogP contribution in [0.3, 0.4) is 0 Å². The topological polar surface area (TPSA) is 24.5 Å². The highest BCUT2D eigenvalue weighted by atomic mass is 16.5. The van der Waals surface area contributed by atoms with E-state index < -0.39 is 0 Å². The molecule has 2 aliphatic rings. The Kier molecular flexibility index (Phi) is 4.27. The lowest BCUT2D eigenvalue weighted by molar-refractivity contribution is 0.178. The Labute approximate surface area is 122 Å². The number of rotatable bonds is 4. The molecule has 20 heavy (non-hydrogen) atoms. The number of hydrogen-bond acceptors (Lipinski definition) is 3. The molecule has 0 aliphatic carbocycles. The second-order valence-electron chi connectivity index (χ2n) is 6.20. The summed E-state index contributed by atoms with van der Waals surface area (Å²) in [5.41, 5.74) is 4.34. The maximum atomic E-state index is 5.56. The number of aryl methyl sites for hydroxylation is 2. The van der Waals surface area contributed by atoms with E-state index >= 15 is 0 Å². The molecule has 3 rings (SSSR count). The molecular formula is C17H26N2O. The molecule has 0 amide bonds. The second kappa shape index (κ2) is 6.15. The van der Waals surface area contributed by atoms with Crippen LogP contribution in [-0.2, 0) is 11.2 Å². The van der Waals surface area contributed by atoms with Crippen molar-refractivity contribution >= 4 is 5.69 Å². The van der Waals surface area contributed by atoms with Crippen LogP contribution in [0, 0.1) is 12.8 Å². The molecule has 110 valence electrons. The largest absolute Gasteiger partial charge is 0.381 e. The van der Waals surface area contributed by atoms with Gasteiger partial charge in [0.1, 0.15) is 0 Å². The molecule has 0 radical (unpaired) electrons. The standard InChI is InChI=1S/C17H26N2O/c1-13-5-6-17-14(10-13)4-3-8-19(17)11-16(18-2)15-7-9-20-12-15/h5-6,10,15-16,18H,3-4,7-9,11-12H2,1-2H3. The molecular weight excluding hydrogens is 248 g/mol. The summed E-state index contributed by atoms with van der Waals surface area (Å²) in [4.78, 5) is 2.57. The molecule has 0 saturated carbocycles. The minimum absolute atomic E-state index is 0.532. The first kappa shape index (κ1) is 13.9. The monoisotopic (exact) mass is 274 g/mol. The maximum Gasteiger partial charge on any atom is 0.0510 e. The van der Waals surface area contributed by atoms with Crippen LogP contribution in [0.4, 0.5) is 5.69 Å². The number of nitrogens with one attached hydrogen (secondary N) is 1. The maximum absolute atomic E-state index is 5.56. The Balaban J connectivity index is 1.74. The third-order valence-electron chi connectivity index (χ3n) is 4.77. The van der Waals surface area contributed by atoms with Crippen molar-refractivity contribution in [1.82, 2.24) is 5.32 Å². The molecule has 1 aromatic carbocycles. The van der Waals surface area contributed by atoms with Crippen LogP contribution in [0.5, 0.6) is 0 Å². The van der Waals surface area contributed by atoms with Crippen LogP contribution in [-0.4, -0.2) is 39.4 Å². The molecule has 2 aliphatic heterocycles. The van der Waals surface area contributed by atoms with Gasteiger partial charge in [0.2, 0.25) is 0 Å². The Hall–Kier alpha value is -1.06. The number of ether oxygens (including phenoxy) is 1. The van der Waals surface area contributed by atoms with Crippen molar-refractivity contribution in [2.24, 2.45) is 5.92 Å². The summed E-state index contributed by atoms with van der Waals surface area (Å²) in [5.74, 6) is 0.663. The average Bonchev–Trinajstić information content (AvgIpc) is 2.98. The molecule has 0 aromatic heterocycles. The first-order valence-corrected chi connectivity index (χ1v) is 7.87. The fraction of sp³-hybridized carbons (Fsp3) is 0.647. The lowest BCUT2D eigenvalue weighted by Gasteiger charge is -2.36. The van der Waals surface area contributed by atoms with Crippen molar-refractivity contribution in [2.45, 2.75) is 32.2 Å². The van der Waals surface area contributed by atoms with E-state index in [0.29, 0.717) is 12.0 Å². The summed E-state index contributed by atoms with van der Waals surface area (Å²) in [5, 5.41) is 3.51. The fourth-order valence-electron chi connectivity index (χ4n) is 3.58. The molecule has 1 saturated heterocycles. The molecule has 2 heterocycles. The normalized spacial score (nSPS) is 23.7. The van der Waals surface area contributed by atoms with Gasteiger partial charge in [0.05, 0.1) is 6.61 Å². The third kappa shape index (κ3) is 2.84. The Morgan fingerprint density at radius 3 is 3.10 bits per heavy atom. The molecule has 1 N–H and O–H groups in total. The van der Waals surface area contributed by atoms with Gasteiger partial charge in [-0.1, -0.05) is 17.7 Å². The molecule has 3 nitrogen and oxygen atoms in total. The van der Waals surface area contributed by atoms with E-state index in [1.807, 2.05) is 0 Å². The van der Waals surface area contributed by atoms with Gasteiger partial charge in [-0.2, -0.15) is 0 Å². The number of fused-ring (bicyclic) bond motifs is 1. The van der Waals surface area contributed by atoms with Crippen molar-refractivity contribution in [3.63, 3.8) is 0 Å². The highest BCUT2D eigenvalue weighted by molar-refractivity contribution is 5.56. The van der Waals surface area contributed by atoms with Gasteiger partial charge in [-0.05, 0) is 44.9 Å². The number of likely N-dealkylation sites (N-methyl/N-ethyl adjacent to an activating group) is 1. The number of nitrogens with zero attached hydrogens (tertiary/aromatic N) is 1. The summed E-state index contributed by atoms with van der Waals surface area (Å²) in [6, 6.07) is 7.44. The zero-order valence-corrected chi connectivity index (χ0v) is 12.7. The summed E-state index contributed by atoms with van der Waals surface area (Å²) >= 11 is 0. The lowest BCUT2D eigenvalue weighted by atomic mass is 9.95. The minimum atomic E-state index is 0.532. The number of anilines is 1. The van der Waals surface area contributed by atoms with E-state index in [4.69, 9.17) is 4.74 Å². The van der Waals surface area contributed by atoms with E-state index in [2.05, 4.69) is 42.4 Å². The van der Waals surface area contributed by atoms with Crippen LogP contribution in [0.1, 0.15) is 24.0 Å². The van der Waals surface area contributed by atoms with E-state index in [0.717, 1.165) is 19.8 Å². The van der Waals surface area contributed by atoms with Gasteiger partial charge >= 0.3 is 0 Å². The summed E-state index contributed by atoms with van der Waals surface area (Å²) in [6.45, 7) is 6.31. The van der Waals surface area contributed by atoms with Crippen molar-refractivity contribution in [1.29, 1.82) is 0 Å². The van der Waals surface area contributed by atoms with Gasteiger partial charge in [0, 0.05) is 37.3 Å². The highest BCUT2D eigenvalue weighted by Crippen LogP contribution is 2.29. The van der Waals surface area contributed by atoms with Crippen molar-refractivity contribution in [3.8, 4) is 0 Å². The van der Waals surface area contributed by atoms with Crippen LogP contribution >= 0.6 is 0 Å². The van der Waals surface area contributed by atoms with Crippen LogP contribution in [0.2, 0.25) is 0 Å². The van der Waals surface area contributed by atoms with Gasteiger partial charge in [0.15, 0.2) is 0 Å². The molecule has 3 heteroatoms. The summed E-state index contributed by atoms with van der Waals surface area (Å²) in [7, 11) is 2.09. The second-order valence-corrected chi connectivity index (χ2v) is 6.20. The summed E-state index contributed by atoms with van der Waals surface area (Å²) < 4.78 is 5.56. The molecule has 2 atom stereocenters. The highest BCUT2D eigenvalue weighted by Gasteiger charge is 2.27. The molecule has 0 spiro atoms. The van der Waals surface area contributed by atoms with Gasteiger partial charge < -0.3 is 15.0 Å². The Morgan fingerprint density at radius 2 is 2.35 bits per heavy atom. The summed E-state index contributed by atoms with van der Waals surface area (Å²) in [6.07, 6.45) is 3.69. The molecule has 0 bridgehead atoms. The third-order valence-corrected chi connectivity index (χ3v) is 4.77. The molecule has 1 fully saturated rings. The number of hydrogen-bond donors (Lipinski definition) is 1. The van der Waals surface area contributed by atoms with Crippen LogP contribution in [0.25, 0.3) is 0 Å². The predicted molar refractivity (Wildman–Crippen MR) is 83.5 cm³/mol. The average molecular weight is 274 g/mol. The van der Waals surface area contributed by atoms with Crippen molar-refractivity contribution in [2.75, 3.05) is 38.3 Å². The Morgan fingerprint density at radius 1 is 1.45 bits per heavy atom. The SMILES string of the molecule is CNC(CN1CCCc2cc(C)ccc21)C1CCOC1. The molecule has 2 unspecified atom stereocenters. The zero-order valence-electron chi connectivity index (χ0n) is 12.7. The number of benzene rings is 1. The Bertz CT molecular complexity index is 454. The smallest absolute Gasteiger partial charge is 0.0510 e. The first-order valence-electron chi connectivity index (χ1n) is 7.87. The van der Waals surface area contributed by atoms with E-state index in [-0.39, 0.29) is 0 Å². The van der Waals surface area contributed by atoms with Gasteiger partial charge in [-0.3, -0.25) is 0 Å². The van der Waals surface area contributed by atoms with Gasteiger partial charge in [-0.15, -0.1) is 0 Å². The fourth-order valence-corrected chi connectivity index (χ4v) is 3.58. The van der Waals surface area contributed by atoms with Crippen molar-refractivity contribution < 1.29 is 4.74 Å². The van der Waals surface area contributed by atoms with E-state index in [9.17, 15) is 0 Å². The van der Waals surface area contributed by atoms with Crippen molar-refractivity contribution in [3.05, 3.63) is 29.3 Å². The van der Waals surface area contributed by atoms with Crippen LogP contribution in [0.15, 0.2) is 18.2 Å². The predicted octanol–water partition coefficient (Wildman–Crippen LogP) is 2.37. The van der Waals surface area contributed by atoms with E-state index in [1.54, 1.807) is 0 Å². The minimum Gasteiger partial charge on any atom is -0.381 e. The first-order chi connectivity index (χ1) is 9.78. The van der Waals surface area contributed by atoms with E-state index in [1.165, 1.54) is 42.6 Å². The van der Waals surface area contributed by atoms with Gasteiger partial charge in [0.25, 0.3) is 0 Å².